The van der Waals surface area contributed by atoms with E-state index in [4.69, 9.17) is 4.43 Å². The zero-order chi connectivity index (χ0) is 13.5. The summed E-state index contributed by atoms with van der Waals surface area (Å²) < 4.78 is 8.57. The average Bonchev–Trinajstić information content (AvgIpc) is 2.16. The van der Waals surface area contributed by atoms with E-state index in [1.165, 1.54) is 25.7 Å². The number of rotatable bonds is 7. The molecule has 0 N–H and O–H groups in total. The van der Waals surface area contributed by atoms with E-state index in [1.54, 1.807) is 0 Å². The Bertz CT molecular complexity index is 231. The van der Waals surface area contributed by atoms with Crippen LogP contribution in [-0.2, 0) is 4.43 Å². The topological polar surface area (TPSA) is 9.23 Å². The molecule has 0 fully saturated rings. The number of unbranched alkanes of at least 4 members (excludes halogenated alkanes) is 2. The summed E-state index contributed by atoms with van der Waals surface area (Å²) in [6, 6.07) is 0. The van der Waals surface area contributed by atoms with E-state index in [1.807, 2.05) is 0 Å². The van der Waals surface area contributed by atoms with Crippen molar-refractivity contribution < 1.29 is 4.43 Å². The van der Waals surface area contributed by atoms with Gasteiger partial charge in [-0.1, -0.05) is 0 Å². The molecule has 17 heavy (non-hydrogen) atoms. The summed E-state index contributed by atoms with van der Waals surface area (Å²) in [5, 5.41) is 0.303. The molecule has 0 aromatic carbocycles. The monoisotopic (exact) mass is 248 g/mol. The molecule has 0 aliphatic heterocycles. The van der Waals surface area contributed by atoms with Crippen LogP contribution < -0.4 is 0 Å². The van der Waals surface area contributed by atoms with Gasteiger partial charge in [0.1, 0.15) is 0 Å². The molecule has 1 atom stereocenters. The standard InChI is InChI=1S/C14H29OSi.Li/c1-8-10-11-12-13(9-2)15-16(6,7)14(3,4)5;/h2,9,13H,8,10-12H2,1,3-7H3;/t13-;/m1./s1. The first-order valence-electron chi connectivity index (χ1n) is 7.05. The van der Waals surface area contributed by atoms with Gasteiger partial charge in [-0.25, -0.2) is 0 Å². The van der Waals surface area contributed by atoms with Gasteiger partial charge in [0.25, 0.3) is 0 Å². The van der Waals surface area contributed by atoms with Crippen molar-refractivity contribution in [1.29, 1.82) is 0 Å². The normalized spacial score (nSPS) is 15.5. The van der Waals surface area contributed by atoms with E-state index in [0.717, 1.165) is 0 Å². The van der Waals surface area contributed by atoms with Crippen molar-refractivity contribution in [3.8, 4) is 0 Å². The zero-order valence-electron chi connectivity index (χ0n) is 13.0. The van der Waals surface area contributed by atoms with E-state index in [0.29, 0.717) is 11.1 Å². The van der Waals surface area contributed by atoms with Gasteiger partial charge in [-0.2, -0.15) is 0 Å². The van der Waals surface area contributed by atoms with Crippen LogP contribution in [0.15, 0.2) is 10.8 Å². The molecule has 0 saturated heterocycles. The summed E-state index contributed by atoms with van der Waals surface area (Å²) in [6.07, 6.45) is 7.60. The van der Waals surface area contributed by atoms with E-state index < -0.39 is 8.32 Å². The third kappa shape index (κ3) is 6.86. The Kier molecular flexibility index (Phi) is 8.08. The number of hydrogen-bond donors (Lipinski definition) is 0. The minimum atomic E-state index is -1.62. The van der Waals surface area contributed by atoms with Crippen molar-refractivity contribution in [3.05, 3.63) is 10.8 Å². The minimum absolute atomic E-state index is 0.303. The van der Waals surface area contributed by atoms with Crippen LogP contribution in [0.4, 0.5) is 0 Å². The molecule has 0 saturated carbocycles. The summed E-state index contributed by atoms with van der Waals surface area (Å²) in [6.45, 7) is 13.8. The molecular weight excluding hydrogens is 219 g/mol. The zero-order valence-corrected chi connectivity index (χ0v) is 14.0. The molecule has 0 radical (unpaired) electrons. The van der Waals surface area contributed by atoms with E-state index in [9.17, 15) is 0 Å². The molecule has 96 valence electrons. The molecule has 0 unspecified atom stereocenters. The Morgan fingerprint density at radius 1 is 1.24 bits per heavy atom. The summed E-state index contributed by atoms with van der Waals surface area (Å²) in [4.78, 5) is 0. The second-order valence-electron chi connectivity index (χ2n) is 6.44. The van der Waals surface area contributed by atoms with Crippen molar-refractivity contribution in [3.63, 3.8) is 0 Å². The first kappa shape index (κ1) is 17.5. The third-order valence-corrected chi connectivity index (χ3v) is 8.26. The van der Waals surface area contributed by atoms with Crippen molar-refractivity contribution in [2.24, 2.45) is 0 Å². The Labute approximate surface area is 119 Å². The Morgan fingerprint density at radius 2 is 1.82 bits per heavy atom. The molecule has 1 nitrogen and oxygen atoms in total. The van der Waals surface area contributed by atoms with Crippen LogP contribution in [0.1, 0.15) is 53.4 Å². The molecule has 0 spiro atoms. The van der Waals surface area contributed by atoms with Gasteiger partial charge < -0.3 is 0 Å². The Balaban J connectivity index is 4.43. The second-order valence-corrected chi connectivity index (χ2v) is 11.2. The second kappa shape index (κ2) is 7.84. The van der Waals surface area contributed by atoms with E-state index >= 15 is 0 Å². The molecular formula is C14H29LiOSi. The van der Waals surface area contributed by atoms with E-state index in [-0.39, 0.29) is 0 Å². The average molecular weight is 248 g/mol. The molecule has 3 heteroatoms. The van der Waals surface area contributed by atoms with Gasteiger partial charge >= 0.3 is 119 Å². The van der Waals surface area contributed by atoms with Crippen molar-refractivity contribution >= 4 is 26.0 Å². The predicted octanol–water partition coefficient (Wildman–Crippen LogP) is 4.64. The van der Waals surface area contributed by atoms with Gasteiger partial charge in [0.15, 0.2) is 0 Å². The molecule has 0 aliphatic rings. The predicted molar refractivity (Wildman–Crippen MR) is 81.1 cm³/mol. The van der Waals surface area contributed by atoms with Crippen LogP contribution in [0.5, 0.6) is 0 Å². The van der Waals surface area contributed by atoms with Crippen LogP contribution in [0, 0.1) is 0 Å². The summed E-state index contributed by atoms with van der Waals surface area (Å²) in [5.41, 5.74) is 0. The van der Waals surface area contributed by atoms with Gasteiger partial charge in [0.05, 0.1) is 0 Å². The van der Waals surface area contributed by atoms with Gasteiger partial charge in [0, 0.05) is 0 Å². The maximum absolute atomic E-state index is 6.44. The van der Waals surface area contributed by atoms with Crippen LogP contribution >= 0.6 is 0 Å². The van der Waals surface area contributed by atoms with Crippen molar-refractivity contribution in [2.45, 2.75) is 77.6 Å². The van der Waals surface area contributed by atoms with Gasteiger partial charge in [-0.05, 0) is 0 Å². The van der Waals surface area contributed by atoms with Gasteiger partial charge in [0.2, 0.25) is 0 Å². The fourth-order valence-corrected chi connectivity index (χ4v) is 2.87. The Morgan fingerprint density at radius 3 is 2.24 bits per heavy atom. The molecule has 0 rings (SSSR count). The van der Waals surface area contributed by atoms with Crippen molar-refractivity contribution in [1.82, 2.24) is 0 Å². The molecule has 0 heterocycles. The first-order valence-corrected chi connectivity index (χ1v) is 9.96. The van der Waals surface area contributed by atoms with Crippen LogP contribution in [0.25, 0.3) is 0 Å². The van der Waals surface area contributed by atoms with Crippen LogP contribution in [0.3, 0.4) is 0 Å². The summed E-state index contributed by atoms with van der Waals surface area (Å²) >= 11 is 2.09. The summed E-state index contributed by atoms with van der Waals surface area (Å²) in [7, 11) is -1.62. The van der Waals surface area contributed by atoms with Gasteiger partial charge in [-0.3, -0.25) is 0 Å². The fraction of sp³-hybridized carbons (Fsp3) is 0.857. The van der Waals surface area contributed by atoms with Crippen molar-refractivity contribution in [2.75, 3.05) is 0 Å². The van der Waals surface area contributed by atoms with Crippen LogP contribution in [-0.4, -0.2) is 32.1 Å². The number of hydrogen-bond acceptors (Lipinski definition) is 1. The maximum atomic E-state index is 6.44. The van der Waals surface area contributed by atoms with E-state index in [2.05, 4.69) is 69.3 Å². The third-order valence-electron chi connectivity index (χ3n) is 3.75. The molecule has 0 aromatic heterocycles. The van der Waals surface area contributed by atoms with Gasteiger partial charge in [-0.15, -0.1) is 0 Å². The Hall–Kier alpha value is 0.514. The molecule has 0 amide bonds. The molecule has 0 aromatic rings. The molecule has 0 aliphatic carbocycles. The van der Waals surface area contributed by atoms with Crippen LogP contribution in [0.2, 0.25) is 18.1 Å². The summed E-state index contributed by atoms with van der Waals surface area (Å²) in [5.74, 6) is 0. The quantitative estimate of drug-likeness (QED) is 0.471. The first-order chi connectivity index (χ1) is 7.74. The SMILES string of the molecule is [Li]/[CH]=C/[C@H](CCCCC)O[Si](C)(C)C(C)(C)C. The fourth-order valence-electron chi connectivity index (χ4n) is 1.56. The molecule has 0 bridgehead atoms.